The maximum absolute atomic E-state index is 9.11. The molecule has 5 nitrogen and oxygen atoms in total. The van der Waals surface area contributed by atoms with Gasteiger partial charge in [-0.05, 0) is 17.7 Å². The number of rotatable bonds is 5. The van der Waals surface area contributed by atoms with Crippen molar-refractivity contribution in [2.24, 2.45) is 0 Å². The number of nitrogen functional groups attached to an aromatic ring is 1. The van der Waals surface area contributed by atoms with Crippen molar-refractivity contribution in [1.29, 1.82) is 5.26 Å². The summed E-state index contributed by atoms with van der Waals surface area (Å²) >= 11 is 5.90. The highest BCUT2D eigenvalue weighted by Crippen LogP contribution is 2.24. The number of hydrogen-bond acceptors (Lipinski definition) is 4. The first-order valence-corrected chi connectivity index (χ1v) is 6.28. The first kappa shape index (κ1) is 14.0. The molecule has 2 rings (SSSR count). The molecule has 0 unspecified atom stereocenters. The van der Waals surface area contributed by atoms with E-state index in [-0.39, 0.29) is 23.9 Å². The second-order valence-electron chi connectivity index (χ2n) is 4.07. The third-order valence-corrected chi connectivity index (χ3v) is 2.87. The van der Waals surface area contributed by atoms with E-state index in [0.717, 1.165) is 5.56 Å². The van der Waals surface area contributed by atoms with Crippen LogP contribution in [0.2, 0.25) is 5.02 Å². The molecular weight excluding hydrogens is 276 g/mol. The Balaban J connectivity index is 2.19. The number of hydrogen-bond donors (Lipinski definition) is 1. The zero-order chi connectivity index (χ0) is 14.5. The standard InChI is InChI=1S/C14H13ClN4O/c1-2-6-19-13(17)12(8-16)14(18-19)20-9-10-4-3-5-11(15)7-10/h2-5,7H,1,6,9,17H2. The van der Waals surface area contributed by atoms with Gasteiger partial charge in [-0.2, -0.15) is 5.26 Å². The van der Waals surface area contributed by atoms with Crippen LogP contribution in [-0.4, -0.2) is 9.78 Å². The molecular formula is C14H13ClN4O. The van der Waals surface area contributed by atoms with Gasteiger partial charge in [0.25, 0.3) is 5.88 Å². The van der Waals surface area contributed by atoms with Crippen molar-refractivity contribution in [3.8, 4) is 11.9 Å². The Morgan fingerprint density at radius 1 is 1.55 bits per heavy atom. The summed E-state index contributed by atoms with van der Waals surface area (Å²) in [7, 11) is 0. The quantitative estimate of drug-likeness (QED) is 0.858. The van der Waals surface area contributed by atoms with Crippen LogP contribution in [0.1, 0.15) is 11.1 Å². The van der Waals surface area contributed by atoms with Gasteiger partial charge in [0.2, 0.25) is 0 Å². The molecule has 2 N–H and O–H groups in total. The van der Waals surface area contributed by atoms with Gasteiger partial charge in [0.1, 0.15) is 18.5 Å². The molecule has 0 aliphatic rings. The number of ether oxygens (including phenoxy) is 1. The van der Waals surface area contributed by atoms with Gasteiger partial charge in [-0.3, -0.25) is 0 Å². The minimum Gasteiger partial charge on any atom is -0.471 e. The molecule has 6 heteroatoms. The predicted molar refractivity (Wildman–Crippen MR) is 77.3 cm³/mol. The number of nitrogens with two attached hydrogens (primary N) is 1. The summed E-state index contributed by atoms with van der Waals surface area (Å²) in [5.74, 6) is 0.486. The first-order valence-electron chi connectivity index (χ1n) is 5.90. The number of nitrogens with zero attached hydrogens (tertiary/aromatic N) is 3. The second kappa shape index (κ2) is 6.13. The number of anilines is 1. The van der Waals surface area contributed by atoms with E-state index >= 15 is 0 Å². The molecule has 0 bridgehead atoms. The van der Waals surface area contributed by atoms with Crippen LogP contribution in [0.4, 0.5) is 5.82 Å². The molecule has 20 heavy (non-hydrogen) atoms. The van der Waals surface area contributed by atoms with Gasteiger partial charge in [0.15, 0.2) is 5.56 Å². The maximum atomic E-state index is 9.11. The fourth-order valence-corrected chi connectivity index (χ4v) is 1.91. The van der Waals surface area contributed by atoms with Crippen LogP contribution >= 0.6 is 11.6 Å². The van der Waals surface area contributed by atoms with Crippen LogP contribution in [0.15, 0.2) is 36.9 Å². The zero-order valence-corrected chi connectivity index (χ0v) is 11.5. The van der Waals surface area contributed by atoms with Gasteiger partial charge < -0.3 is 10.5 Å². The molecule has 1 aromatic carbocycles. The van der Waals surface area contributed by atoms with Gasteiger partial charge in [-0.25, -0.2) is 4.68 Å². The van der Waals surface area contributed by atoms with Crippen LogP contribution in [0, 0.1) is 11.3 Å². The number of aromatic nitrogens is 2. The number of halogens is 1. The van der Waals surface area contributed by atoms with Gasteiger partial charge in [-0.1, -0.05) is 29.8 Å². The van der Waals surface area contributed by atoms with E-state index in [4.69, 9.17) is 27.3 Å². The largest absolute Gasteiger partial charge is 0.471 e. The molecule has 0 spiro atoms. The first-order chi connectivity index (χ1) is 9.65. The Labute approximate surface area is 121 Å². The van der Waals surface area contributed by atoms with E-state index in [0.29, 0.717) is 11.6 Å². The summed E-state index contributed by atoms with van der Waals surface area (Å²) in [5.41, 5.74) is 6.94. The van der Waals surface area contributed by atoms with Crippen molar-refractivity contribution in [2.75, 3.05) is 5.73 Å². The van der Waals surface area contributed by atoms with E-state index in [9.17, 15) is 0 Å². The summed E-state index contributed by atoms with van der Waals surface area (Å²) < 4.78 is 7.02. The molecule has 0 amide bonds. The van der Waals surface area contributed by atoms with Gasteiger partial charge in [0.05, 0.1) is 6.54 Å². The lowest BCUT2D eigenvalue weighted by molar-refractivity contribution is 0.289. The molecule has 102 valence electrons. The normalized spacial score (nSPS) is 10.0. The minimum atomic E-state index is 0.215. The average molecular weight is 289 g/mol. The van der Waals surface area contributed by atoms with Crippen molar-refractivity contribution < 1.29 is 4.74 Å². The van der Waals surface area contributed by atoms with Crippen molar-refractivity contribution in [3.05, 3.63) is 53.1 Å². The SMILES string of the molecule is C=CCn1nc(OCc2cccc(Cl)c2)c(C#N)c1N. The van der Waals surface area contributed by atoms with E-state index in [1.165, 1.54) is 4.68 Å². The van der Waals surface area contributed by atoms with Crippen LogP contribution in [0.5, 0.6) is 5.88 Å². The molecule has 1 heterocycles. The topological polar surface area (TPSA) is 76.9 Å². The van der Waals surface area contributed by atoms with Crippen LogP contribution in [0.25, 0.3) is 0 Å². The van der Waals surface area contributed by atoms with E-state index < -0.39 is 0 Å². The van der Waals surface area contributed by atoms with Crippen molar-refractivity contribution in [1.82, 2.24) is 9.78 Å². The lowest BCUT2D eigenvalue weighted by Gasteiger charge is -2.03. The van der Waals surface area contributed by atoms with Gasteiger partial charge in [0, 0.05) is 5.02 Å². The fraction of sp³-hybridized carbons (Fsp3) is 0.143. The Hall–Kier alpha value is -2.45. The van der Waals surface area contributed by atoms with E-state index in [1.54, 1.807) is 18.2 Å². The second-order valence-corrected chi connectivity index (χ2v) is 4.50. The van der Waals surface area contributed by atoms with Crippen molar-refractivity contribution in [3.63, 3.8) is 0 Å². The third-order valence-electron chi connectivity index (χ3n) is 2.64. The average Bonchev–Trinajstić information content (AvgIpc) is 2.73. The monoisotopic (exact) mass is 288 g/mol. The van der Waals surface area contributed by atoms with Crippen LogP contribution in [0.3, 0.4) is 0 Å². The molecule has 0 atom stereocenters. The fourth-order valence-electron chi connectivity index (χ4n) is 1.70. The van der Waals surface area contributed by atoms with Crippen molar-refractivity contribution in [2.45, 2.75) is 13.2 Å². The molecule has 0 radical (unpaired) electrons. The summed E-state index contributed by atoms with van der Waals surface area (Å²) in [5, 5.41) is 13.9. The Bertz CT molecular complexity index is 672. The van der Waals surface area contributed by atoms with E-state index in [1.807, 2.05) is 18.2 Å². The summed E-state index contributed by atoms with van der Waals surface area (Å²) in [6.07, 6.45) is 1.64. The molecule has 0 aliphatic carbocycles. The lowest BCUT2D eigenvalue weighted by atomic mass is 10.2. The molecule has 0 fully saturated rings. The van der Waals surface area contributed by atoms with Crippen LogP contribution < -0.4 is 10.5 Å². The highest BCUT2D eigenvalue weighted by molar-refractivity contribution is 6.30. The smallest absolute Gasteiger partial charge is 0.253 e. The van der Waals surface area contributed by atoms with Crippen molar-refractivity contribution >= 4 is 17.4 Å². The summed E-state index contributed by atoms with van der Waals surface area (Å²) in [4.78, 5) is 0. The third kappa shape index (κ3) is 2.92. The number of benzene rings is 1. The predicted octanol–water partition coefficient (Wildman–Crippen LogP) is 2.76. The Kier molecular flexibility index (Phi) is 4.28. The molecule has 0 saturated carbocycles. The highest BCUT2D eigenvalue weighted by Gasteiger charge is 2.16. The molecule has 1 aromatic heterocycles. The lowest BCUT2D eigenvalue weighted by Crippen LogP contribution is -2.03. The van der Waals surface area contributed by atoms with Gasteiger partial charge in [-0.15, -0.1) is 11.7 Å². The van der Waals surface area contributed by atoms with Crippen LogP contribution in [-0.2, 0) is 13.2 Å². The summed E-state index contributed by atoms with van der Waals surface area (Å²) in [6.45, 7) is 4.29. The van der Waals surface area contributed by atoms with Gasteiger partial charge >= 0.3 is 0 Å². The molecule has 0 aliphatic heterocycles. The molecule has 2 aromatic rings. The number of allylic oxidation sites excluding steroid dienone is 1. The summed E-state index contributed by atoms with van der Waals surface area (Å²) in [6, 6.07) is 9.27. The Morgan fingerprint density at radius 2 is 2.35 bits per heavy atom. The maximum Gasteiger partial charge on any atom is 0.253 e. The minimum absolute atomic E-state index is 0.215. The van der Waals surface area contributed by atoms with E-state index in [2.05, 4.69) is 11.7 Å². The number of nitriles is 1. The Morgan fingerprint density at radius 3 is 3.00 bits per heavy atom. The molecule has 0 saturated heterocycles. The highest BCUT2D eigenvalue weighted by atomic mass is 35.5. The zero-order valence-electron chi connectivity index (χ0n) is 10.7.